The molecule has 1 atom stereocenters. The Morgan fingerprint density at radius 1 is 1.16 bits per heavy atom. The van der Waals surface area contributed by atoms with Gasteiger partial charge >= 0.3 is 12.1 Å². The van der Waals surface area contributed by atoms with E-state index in [1.165, 1.54) is 0 Å². The molecule has 32 heavy (non-hydrogen) atoms. The zero-order chi connectivity index (χ0) is 23.5. The van der Waals surface area contributed by atoms with E-state index >= 15 is 0 Å². The molecule has 0 saturated carbocycles. The number of carbonyl (C=O) groups is 2. The molecule has 9 nitrogen and oxygen atoms in total. The summed E-state index contributed by atoms with van der Waals surface area (Å²) in [5.74, 6) is -2.40. The lowest BCUT2D eigenvalue weighted by molar-refractivity contribution is 0.0443. The number of carbonyl (C=O) groups excluding carboxylic acids is 1. The Hall–Kier alpha value is -3.82. The zero-order valence-electron chi connectivity index (χ0n) is 18.0. The van der Waals surface area contributed by atoms with E-state index in [-0.39, 0.29) is 29.5 Å². The van der Waals surface area contributed by atoms with Crippen molar-refractivity contribution in [1.29, 1.82) is 0 Å². The van der Waals surface area contributed by atoms with Crippen LogP contribution in [0.1, 0.15) is 49.6 Å². The largest absolute Gasteiger partial charge is 0.477 e. The fourth-order valence-electron chi connectivity index (χ4n) is 2.98. The van der Waals surface area contributed by atoms with Gasteiger partial charge in [0.1, 0.15) is 16.8 Å². The summed E-state index contributed by atoms with van der Waals surface area (Å²) in [5, 5.41) is 19.8. The average Bonchev–Trinajstić information content (AvgIpc) is 3.18. The number of aromatic carboxylic acids is 1. The van der Waals surface area contributed by atoms with Crippen LogP contribution in [-0.2, 0) is 16.7 Å². The van der Waals surface area contributed by atoms with Gasteiger partial charge in [0, 0.05) is 6.42 Å². The summed E-state index contributed by atoms with van der Waals surface area (Å²) in [6, 6.07) is 10.3. The smallest absolute Gasteiger partial charge is 0.408 e. The number of carboxylic acids is 1. The van der Waals surface area contributed by atoms with Gasteiger partial charge in [0.15, 0.2) is 5.82 Å². The molecule has 0 bridgehead atoms. The summed E-state index contributed by atoms with van der Waals surface area (Å²) in [4.78, 5) is 27.2. The highest BCUT2D eigenvalue weighted by molar-refractivity contribution is 5.86. The van der Waals surface area contributed by atoms with Gasteiger partial charge in [-0.1, -0.05) is 30.3 Å². The van der Waals surface area contributed by atoms with Gasteiger partial charge in [-0.3, -0.25) is 0 Å². The second kappa shape index (κ2) is 8.74. The molecule has 1 unspecified atom stereocenters. The number of nitrogens with one attached hydrogen (secondary N) is 1. The number of hydrogen-bond acceptors (Lipinski definition) is 7. The van der Waals surface area contributed by atoms with Gasteiger partial charge in [-0.05, 0) is 39.3 Å². The molecule has 1 aromatic carbocycles. The maximum absolute atomic E-state index is 14.3. The SMILES string of the molecule is CC(C)(C)OC(=O)NC(C)(Cc1ccccc1)c1nnc(-c2cc(C(=O)O)ncc2F)o1. The third-order valence-electron chi connectivity index (χ3n) is 4.38. The topological polar surface area (TPSA) is 127 Å². The number of nitrogens with zero attached hydrogens (tertiary/aromatic N) is 3. The Morgan fingerprint density at radius 2 is 1.84 bits per heavy atom. The molecule has 0 aliphatic heterocycles. The Kier molecular flexibility index (Phi) is 6.24. The molecule has 3 rings (SSSR count). The number of aromatic nitrogens is 3. The van der Waals surface area contributed by atoms with Crippen LogP contribution in [0.25, 0.3) is 11.5 Å². The summed E-state index contributed by atoms with van der Waals surface area (Å²) in [6.07, 6.45) is 0.345. The fraction of sp³-hybridized carbons (Fsp3) is 0.318. The molecule has 2 aromatic heterocycles. The second-order valence-electron chi connectivity index (χ2n) is 8.39. The van der Waals surface area contributed by atoms with Gasteiger partial charge in [-0.15, -0.1) is 10.2 Å². The first-order chi connectivity index (χ1) is 15.0. The molecule has 0 spiro atoms. The van der Waals surface area contributed by atoms with Crippen molar-refractivity contribution < 1.29 is 28.2 Å². The van der Waals surface area contributed by atoms with Crippen LogP contribution in [0.15, 0.2) is 47.0 Å². The van der Waals surface area contributed by atoms with E-state index in [2.05, 4.69) is 20.5 Å². The molecule has 2 N–H and O–H groups in total. The van der Waals surface area contributed by atoms with E-state index in [1.54, 1.807) is 27.7 Å². The summed E-state index contributed by atoms with van der Waals surface area (Å²) in [6.45, 7) is 6.88. The number of hydrogen-bond donors (Lipinski definition) is 2. The summed E-state index contributed by atoms with van der Waals surface area (Å²) < 4.78 is 25.4. The van der Waals surface area contributed by atoms with E-state index in [0.717, 1.165) is 17.8 Å². The van der Waals surface area contributed by atoms with Crippen molar-refractivity contribution >= 4 is 12.1 Å². The minimum Gasteiger partial charge on any atom is -0.477 e. The first-order valence-electron chi connectivity index (χ1n) is 9.75. The molecule has 1 amide bonds. The molecule has 3 aromatic rings. The lowest BCUT2D eigenvalue weighted by atomic mass is 9.92. The predicted octanol–water partition coefficient (Wildman–Crippen LogP) is 3.95. The molecule has 0 radical (unpaired) electrons. The number of amides is 1. The molecule has 10 heteroatoms. The van der Waals surface area contributed by atoms with E-state index in [4.69, 9.17) is 14.3 Å². The zero-order valence-corrected chi connectivity index (χ0v) is 18.0. The number of ether oxygens (including phenoxy) is 1. The van der Waals surface area contributed by atoms with Gasteiger partial charge in [-0.25, -0.2) is 19.0 Å². The molecule has 0 aliphatic carbocycles. The van der Waals surface area contributed by atoms with Crippen molar-refractivity contribution in [3.8, 4) is 11.5 Å². The molecule has 0 fully saturated rings. The summed E-state index contributed by atoms with van der Waals surface area (Å²) in [7, 11) is 0. The molecule has 168 valence electrons. The standard InChI is InChI=1S/C22H23FN4O5/c1-21(2,3)32-20(30)25-22(4,11-13-8-6-5-7-9-13)19-27-26-17(31-19)14-10-16(18(28)29)24-12-15(14)23/h5-10,12H,11H2,1-4H3,(H,25,30)(H,28,29). The average molecular weight is 442 g/mol. The Balaban J connectivity index is 1.99. The van der Waals surface area contributed by atoms with Crippen molar-refractivity contribution in [2.45, 2.75) is 45.3 Å². The van der Waals surface area contributed by atoms with Crippen LogP contribution >= 0.6 is 0 Å². The van der Waals surface area contributed by atoms with E-state index in [9.17, 15) is 14.0 Å². The predicted molar refractivity (Wildman–Crippen MR) is 111 cm³/mol. The first kappa shape index (κ1) is 22.9. The molecule has 2 heterocycles. The van der Waals surface area contributed by atoms with Gasteiger partial charge in [-0.2, -0.15) is 0 Å². The van der Waals surface area contributed by atoms with Crippen LogP contribution in [0.4, 0.5) is 9.18 Å². The van der Waals surface area contributed by atoms with Crippen molar-refractivity contribution in [3.63, 3.8) is 0 Å². The van der Waals surface area contributed by atoms with Gasteiger partial charge in [0.25, 0.3) is 5.89 Å². The number of halogens is 1. The van der Waals surface area contributed by atoms with Crippen LogP contribution in [0.3, 0.4) is 0 Å². The number of pyridine rings is 1. The summed E-state index contributed by atoms with van der Waals surface area (Å²) >= 11 is 0. The first-order valence-corrected chi connectivity index (χ1v) is 9.75. The fourth-order valence-corrected chi connectivity index (χ4v) is 2.98. The monoisotopic (exact) mass is 442 g/mol. The summed E-state index contributed by atoms with van der Waals surface area (Å²) in [5.41, 5.74) is -1.65. The van der Waals surface area contributed by atoms with Crippen LogP contribution in [-0.4, -0.2) is 38.0 Å². The minimum atomic E-state index is -1.33. The van der Waals surface area contributed by atoms with Gasteiger partial charge in [0.2, 0.25) is 5.89 Å². The normalized spacial score (nSPS) is 13.3. The Labute approximate surface area is 183 Å². The molecular weight excluding hydrogens is 419 g/mol. The highest BCUT2D eigenvalue weighted by Gasteiger charge is 2.37. The second-order valence-corrected chi connectivity index (χ2v) is 8.39. The molecule has 0 aliphatic rings. The van der Waals surface area contributed by atoms with Crippen molar-refractivity contribution in [1.82, 2.24) is 20.5 Å². The van der Waals surface area contributed by atoms with E-state index in [1.807, 2.05) is 30.3 Å². The van der Waals surface area contributed by atoms with Crippen molar-refractivity contribution in [3.05, 3.63) is 65.6 Å². The Bertz CT molecular complexity index is 1130. The van der Waals surface area contributed by atoms with Crippen LogP contribution in [0, 0.1) is 5.82 Å². The van der Waals surface area contributed by atoms with Crippen molar-refractivity contribution in [2.24, 2.45) is 0 Å². The van der Waals surface area contributed by atoms with Crippen LogP contribution < -0.4 is 5.32 Å². The maximum Gasteiger partial charge on any atom is 0.408 e. The third kappa shape index (κ3) is 5.45. The number of benzene rings is 1. The molecular formula is C22H23FN4O5. The van der Waals surface area contributed by atoms with Crippen molar-refractivity contribution in [2.75, 3.05) is 0 Å². The number of alkyl carbamates (subject to hydrolysis) is 1. The molecule has 0 saturated heterocycles. The maximum atomic E-state index is 14.3. The van der Waals surface area contributed by atoms with E-state index in [0.29, 0.717) is 0 Å². The lowest BCUT2D eigenvalue weighted by Gasteiger charge is -2.29. The van der Waals surface area contributed by atoms with Gasteiger partial charge in [0.05, 0.1) is 11.8 Å². The minimum absolute atomic E-state index is 0.00435. The Morgan fingerprint density at radius 3 is 2.47 bits per heavy atom. The van der Waals surface area contributed by atoms with E-state index < -0.39 is 29.0 Å². The third-order valence-corrected chi connectivity index (χ3v) is 4.38. The quantitative estimate of drug-likeness (QED) is 0.587. The highest BCUT2D eigenvalue weighted by atomic mass is 19.1. The van der Waals surface area contributed by atoms with Gasteiger partial charge < -0.3 is 19.6 Å². The highest BCUT2D eigenvalue weighted by Crippen LogP contribution is 2.29. The van der Waals surface area contributed by atoms with Crippen LogP contribution in [0.5, 0.6) is 0 Å². The van der Waals surface area contributed by atoms with Crippen LogP contribution in [0.2, 0.25) is 0 Å². The number of rotatable bonds is 6. The number of carboxylic acid groups (broad SMARTS) is 1. The lowest BCUT2D eigenvalue weighted by Crippen LogP contribution is -2.47.